The monoisotopic (exact) mass is 407 g/mol. The predicted molar refractivity (Wildman–Crippen MR) is 112 cm³/mol. The summed E-state index contributed by atoms with van der Waals surface area (Å²) in [6, 6.07) is 6.24. The molecule has 1 aliphatic heterocycles. The molecule has 30 heavy (non-hydrogen) atoms. The zero-order valence-corrected chi connectivity index (χ0v) is 16.7. The summed E-state index contributed by atoms with van der Waals surface area (Å²) in [5.74, 6) is 0.878. The molecule has 0 unspecified atom stereocenters. The fourth-order valence-electron chi connectivity index (χ4n) is 3.49. The highest BCUT2D eigenvalue weighted by Gasteiger charge is 2.23. The number of halogens is 1. The van der Waals surface area contributed by atoms with Crippen LogP contribution < -0.4 is 16.2 Å². The van der Waals surface area contributed by atoms with Crippen LogP contribution in [-0.2, 0) is 6.42 Å². The summed E-state index contributed by atoms with van der Waals surface area (Å²) in [5.41, 5.74) is 15.4. The third-order valence-electron chi connectivity index (χ3n) is 4.90. The maximum atomic E-state index is 14.1. The lowest BCUT2D eigenvalue weighted by Crippen LogP contribution is -2.18. The minimum Gasteiger partial charge on any atom is -0.482 e. The zero-order chi connectivity index (χ0) is 21.3. The Morgan fingerprint density at radius 3 is 2.93 bits per heavy atom. The van der Waals surface area contributed by atoms with Gasteiger partial charge in [-0.2, -0.15) is 5.10 Å². The van der Waals surface area contributed by atoms with E-state index in [9.17, 15) is 4.39 Å². The number of nitrogens with zero attached hydrogens (tertiary/aromatic N) is 5. The molecule has 8 nitrogen and oxygen atoms in total. The van der Waals surface area contributed by atoms with Gasteiger partial charge in [-0.1, -0.05) is 0 Å². The Hall–Kier alpha value is -3.75. The summed E-state index contributed by atoms with van der Waals surface area (Å²) in [5, 5.41) is 4.36. The van der Waals surface area contributed by atoms with Gasteiger partial charge < -0.3 is 16.2 Å². The lowest BCUT2D eigenvalue weighted by Gasteiger charge is -2.22. The van der Waals surface area contributed by atoms with E-state index in [1.54, 1.807) is 23.0 Å². The Morgan fingerprint density at radius 2 is 2.17 bits per heavy atom. The van der Waals surface area contributed by atoms with Crippen LogP contribution in [0.4, 0.5) is 10.2 Å². The third kappa shape index (κ3) is 3.49. The number of aromatic nitrogens is 4. The van der Waals surface area contributed by atoms with Gasteiger partial charge in [-0.3, -0.25) is 4.99 Å². The quantitative estimate of drug-likeness (QED) is 0.640. The van der Waals surface area contributed by atoms with E-state index in [1.165, 1.54) is 24.7 Å². The van der Waals surface area contributed by atoms with Crippen LogP contribution in [0.2, 0.25) is 0 Å². The van der Waals surface area contributed by atoms with Crippen LogP contribution >= 0.6 is 0 Å². The second-order valence-electron chi connectivity index (χ2n) is 6.85. The Bertz CT molecular complexity index is 1150. The molecule has 0 radical (unpaired) electrons. The molecule has 4 rings (SSSR count). The first-order chi connectivity index (χ1) is 14.5. The first-order valence-corrected chi connectivity index (χ1v) is 9.58. The van der Waals surface area contributed by atoms with E-state index in [2.05, 4.69) is 20.1 Å². The molecule has 1 aromatic carbocycles. The highest BCUT2D eigenvalue weighted by Crippen LogP contribution is 2.32. The standard InChI is InChI=1S/C21H22FN7O/c1-3-25-20-13(9-23)7-19-27-11-28-29(19)17-5-4-15(22)8-16(17)12(2)30-18-6-14(20)10-26-21(18)24/h4-6,8-12H,3,7,23H2,1-2H3,(H2,24,26)/t12-/m1/s1. The van der Waals surface area contributed by atoms with Crippen molar-refractivity contribution in [1.29, 1.82) is 0 Å². The van der Waals surface area contributed by atoms with Crippen LogP contribution in [0.3, 0.4) is 0 Å². The van der Waals surface area contributed by atoms with Crippen molar-refractivity contribution >= 4 is 11.5 Å². The number of rotatable bonds is 1. The van der Waals surface area contributed by atoms with Gasteiger partial charge in [0, 0.05) is 35.9 Å². The van der Waals surface area contributed by atoms with Gasteiger partial charge in [0.1, 0.15) is 24.1 Å². The van der Waals surface area contributed by atoms with E-state index in [-0.39, 0.29) is 11.6 Å². The van der Waals surface area contributed by atoms with E-state index in [0.29, 0.717) is 41.5 Å². The molecule has 0 saturated carbocycles. The third-order valence-corrected chi connectivity index (χ3v) is 4.90. The van der Waals surface area contributed by atoms with Crippen molar-refractivity contribution in [3.8, 4) is 11.4 Å². The Balaban J connectivity index is 1.98. The van der Waals surface area contributed by atoms with Gasteiger partial charge in [-0.05, 0) is 44.3 Å². The highest BCUT2D eigenvalue weighted by molar-refractivity contribution is 6.13. The van der Waals surface area contributed by atoms with Gasteiger partial charge >= 0.3 is 0 Å². The zero-order valence-electron chi connectivity index (χ0n) is 16.7. The molecule has 3 aromatic rings. The van der Waals surface area contributed by atoms with Crippen LogP contribution in [0.5, 0.6) is 5.75 Å². The second kappa shape index (κ2) is 7.94. The Kier molecular flexibility index (Phi) is 5.18. The number of ether oxygens (including phenoxy) is 1. The molecule has 2 bridgehead atoms. The van der Waals surface area contributed by atoms with Crippen molar-refractivity contribution in [2.45, 2.75) is 26.4 Å². The molecule has 0 fully saturated rings. The minimum absolute atomic E-state index is 0.233. The molecule has 0 spiro atoms. The van der Waals surface area contributed by atoms with Crippen LogP contribution in [0.15, 0.2) is 53.6 Å². The molecule has 0 aliphatic carbocycles. The van der Waals surface area contributed by atoms with Crippen molar-refractivity contribution in [1.82, 2.24) is 19.7 Å². The van der Waals surface area contributed by atoms with Gasteiger partial charge in [-0.15, -0.1) is 0 Å². The lowest BCUT2D eigenvalue weighted by molar-refractivity contribution is 0.226. The smallest absolute Gasteiger partial charge is 0.166 e. The summed E-state index contributed by atoms with van der Waals surface area (Å²) in [6.07, 6.45) is 4.45. The number of hydrogen-bond donors (Lipinski definition) is 2. The molecule has 0 amide bonds. The van der Waals surface area contributed by atoms with E-state index in [0.717, 1.165) is 11.1 Å². The number of anilines is 1. The number of aliphatic imine (C=N–C) groups is 1. The van der Waals surface area contributed by atoms with Crippen molar-refractivity contribution in [2.24, 2.45) is 10.7 Å². The molecule has 3 heterocycles. The first kappa shape index (κ1) is 19.6. The fraction of sp³-hybridized carbons (Fsp3) is 0.238. The molecular formula is C21H22FN7O. The minimum atomic E-state index is -0.525. The maximum absolute atomic E-state index is 14.1. The largest absolute Gasteiger partial charge is 0.482 e. The molecule has 0 saturated heterocycles. The number of benzene rings is 1. The van der Waals surface area contributed by atoms with Crippen LogP contribution in [-0.4, -0.2) is 32.0 Å². The number of fused-ring (bicyclic) bond motifs is 5. The molecule has 1 aliphatic rings. The molecule has 2 aromatic heterocycles. The normalized spacial score (nSPS) is 18.8. The number of nitrogens with two attached hydrogens (primary N) is 2. The van der Waals surface area contributed by atoms with Gasteiger partial charge in [-0.25, -0.2) is 19.0 Å². The summed E-state index contributed by atoms with van der Waals surface area (Å²) < 4.78 is 21.9. The van der Waals surface area contributed by atoms with Crippen molar-refractivity contribution < 1.29 is 9.13 Å². The summed E-state index contributed by atoms with van der Waals surface area (Å²) >= 11 is 0. The van der Waals surface area contributed by atoms with Crippen LogP contribution in [0, 0.1) is 5.82 Å². The summed E-state index contributed by atoms with van der Waals surface area (Å²) in [4.78, 5) is 13.3. The van der Waals surface area contributed by atoms with E-state index >= 15 is 0 Å². The second-order valence-corrected chi connectivity index (χ2v) is 6.85. The number of nitrogen functional groups attached to an aromatic ring is 1. The van der Waals surface area contributed by atoms with Crippen molar-refractivity contribution in [3.63, 3.8) is 0 Å². The van der Waals surface area contributed by atoms with Crippen molar-refractivity contribution in [2.75, 3.05) is 12.3 Å². The van der Waals surface area contributed by atoms with Gasteiger partial charge in [0.05, 0.1) is 11.4 Å². The van der Waals surface area contributed by atoms with E-state index < -0.39 is 6.10 Å². The fourth-order valence-corrected chi connectivity index (χ4v) is 3.49. The molecule has 9 heteroatoms. The van der Waals surface area contributed by atoms with Gasteiger partial charge in [0.15, 0.2) is 11.6 Å². The number of allylic oxidation sites excluding steroid dienone is 1. The maximum Gasteiger partial charge on any atom is 0.166 e. The summed E-state index contributed by atoms with van der Waals surface area (Å²) in [7, 11) is 0. The van der Waals surface area contributed by atoms with Crippen LogP contribution in [0.25, 0.3) is 5.69 Å². The number of hydrogen-bond acceptors (Lipinski definition) is 7. The Labute approximate surface area is 173 Å². The van der Waals surface area contributed by atoms with Crippen LogP contribution in [0.1, 0.15) is 36.9 Å². The molecule has 1 atom stereocenters. The van der Waals surface area contributed by atoms with E-state index in [4.69, 9.17) is 16.2 Å². The molecular weight excluding hydrogens is 385 g/mol. The predicted octanol–water partition coefficient (Wildman–Crippen LogP) is 2.73. The lowest BCUT2D eigenvalue weighted by atomic mass is 10.0. The SMILES string of the molecule is CCN=C1C(=CN)Cc2ncnn2-c2ccc(F)cc2[C@@H](C)Oc2cc1cnc2N. The van der Waals surface area contributed by atoms with Gasteiger partial charge in [0.2, 0.25) is 0 Å². The van der Waals surface area contributed by atoms with Gasteiger partial charge in [0.25, 0.3) is 0 Å². The topological polar surface area (TPSA) is 117 Å². The average Bonchev–Trinajstić information content (AvgIpc) is 3.19. The molecule has 4 N–H and O–H groups in total. The highest BCUT2D eigenvalue weighted by atomic mass is 19.1. The molecule has 154 valence electrons. The van der Waals surface area contributed by atoms with E-state index in [1.807, 2.05) is 13.8 Å². The first-order valence-electron chi connectivity index (χ1n) is 9.58. The average molecular weight is 407 g/mol. The Morgan fingerprint density at radius 1 is 1.33 bits per heavy atom. The number of pyridine rings is 1. The summed E-state index contributed by atoms with van der Waals surface area (Å²) in [6.45, 7) is 4.31. The van der Waals surface area contributed by atoms with Crippen molar-refractivity contribution in [3.05, 3.63) is 71.3 Å².